The average molecular weight is 284 g/mol. The van der Waals surface area contributed by atoms with Gasteiger partial charge in [0.1, 0.15) is 30.8 Å². The van der Waals surface area contributed by atoms with E-state index < -0.39 is 6.10 Å². The summed E-state index contributed by atoms with van der Waals surface area (Å²) in [4.78, 5) is 0. The molecule has 0 fully saturated rings. The molecule has 1 atom stereocenters. The molecule has 0 heterocycles. The normalized spacial score (nSPS) is 11.4. The van der Waals surface area contributed by atoms with Gasteiger partial charge in [-0.1, -0.05) is 6.07 Å². The van der Waals surface area contributed by atoms with E-state index in [4.69, 9.17) is 20.5 Å². The van der Waals surface area contributed by atoms with E-state index >= 15 is 0 Å². The minimum atomic E-state index is -0.770. The maximum atomic E-state index is 9.81. The van der Waals surface area contributed by atoms with Crippen LogP contribution < -0.4 is 15.2 Å². The molecule has 2 aromatic rings. The highest BCUT2D eigenvalue weighted by molar-refractivity contribution is 5.41. The highest BCUT2D eigenvalue weighted by Crippen LogP contribution is 2.14. The van der Waals surface area contributed by atoms with Crippen molar-refractivity contribution in [2.45, 2.75) is 6.10 Å². The zero-order chi connectivity index (χ0) is 15.1. The van der Waals surface area contributed by atoms with Crippen LogP contribution in [0.3, 0.4) is 0 Å². The lowest BCUT2D eigenvalue weighted by Gasteiger charge is -2.13. The number of nitrogens with two attached hydrogens (primary N) is 1. The van der Waals surface area contributed by atoms with Gasteiger partial charge in [-0.3, -0.25) is 0 Å². The number of aliphatic hydroxyl groups excluding tert-OH is 1. The number of anilines is 1. The lowest BCUT2D eigenvalue weighted by Crippen LogP contribution is -2.25. The largest absolute Gasteiger partial charge is 0.491 e. The van der Waals surface area contributed by atoms with Crippen molar-refractivity contribution in [1.82, 2.24) is 0 Å². The molecule has 5 heteroatoms. The molecule has 0 amide bonds. The lowest BCUT2D eigenvalue weighted by molar-refractivity contribution is 0.0626. The van der Waals surface area contributed by atoms with E-state index in [1.807, 2.05) is 6.07 Å². The number of rotatable bonds is 6. The minimum Gasteiger partial charge on any atom is -0.491 e. The maximum absolute atomic E-state index is 9.81. The monoisotopic (exact) mass is 284 g/mol. The quantitative estimate of drug-likeness (QED) is 0.792. The summed E-state index contributed by atoms with van der Waals surface area (Å²) in [5.41, 5.74) is 6.74. The first-order chi connectivity index (χ1) is 10.2. The highest BCUT2D eigenvalue weighted by atomic mass is 16.5. The van der Waals surface area contributed by atoms with Gasteiger partial charge in [-0.15, -0.1) is 0 Å². The Kier molecular flexibility index (Phi) is 5.02. The van der Waals surface area contributed by atoms with Gasteiger partial charge < -0.3 is 20.3 Å². The summed E-state index contributed by atoms with van der Waals surface area (Å²) in [6, 6.07) is 15.7. The van der Waals surface area contributed by atoms with Crippen LogP contribution in [0.4, 0.5) is 5.69 Å². The molecule has 0 aliphatic carbocycles. The first-order valence-electron chi connectivity index (χ1n) is 6.47. The van der Waals surface area contributed by atoms with Crippen molar-refractivity contribution in [1.29, 1.82) is 5.26 Å². The Morgan fingerprint density at radius 3 is 2.38 bits per heavy atom. The Morgan fingerprint density at radius 2 is 1.71 bits per heavy atom. The molecule has 21 heavy (non-hydrogen) atoms. The Hall–Kier alpha value is -2.71. The molecule has 0 bridgehead atoms. The molecular formula is C16H16N2O3. The van der Waals surface area contributed by atoms with E-state index in [9.17, 15) is 5.11 Å². The van der Waals surface area contributed by atoms with Crippen LogP contribution in [0.15, 0.2) is 48.5 Å². The number of hydrogen-bond acceptors (Lipinski definition) is 5. The fourth-order valence-electron chi connectivity index (χ4n) is 1.65. The summed E-state index contributed by atoms with van der Waals surface area (Å²) in [5.74, 6) is 1.18. The Bertz CT molecular complexity index is 620. The topological polar surface area (TPSA) is 88.5 Å². The standard InChI is InChI=1S/C16H16N2O3/c17-9-12-2-1-3-16(8-12)21-11-14(19)10-20-15-6-4-13(18)5-7-15/h1-8,14,19H,10-11,18H2. The summed E-state index contributed by atoms with van der Waals surface area (Å²) >= 11 is 0. The third-order valence-corrected chi connectivity index (χ3v) is 2.73. The first-order valence-corrected chi connectivity index (χ1v) is 6.47. The third-order valence-electron chi connectivity index (χ3n) is 2.73. The van der Waals surface area contributed by atoms with Crippen molar-refractivity contribution < 1.29 is 14.6 Å². The van der Waals surface area contributed by atoms with Crippen LogP contribution in [-0.2, 0) is 0 Å². The van der Waals surface area contributed by atoms with Crippen molar-refractivity contribution in [3.63, 3.8) is 0 Å². The van der Waals surface area contributed by atoms with Gasteiger partial charge in [0.2, 0.25) is 0 Å². The molecule has 0 aliphatic heterocycles. The zero-order valence-corrected chi connectivity index (χ0v) is 11.4. The van der Waals surface area contributed by atoms with Crippen LogP contribution >= 0.6 is 0 Å². The molecule has 0 saturated heterocycles. The molecule has 5 nitrogen and oxygen atoms in total. The Balaban J connectivity index is 1.78. The van der Waals surface area contributed by atoms with Crippen LogP contribution in [0, 0.1) is 11.3 Å². The first kappa shape index (κ1) is 14.7. The molecule has 2 rings (SSSR count). The molecule has 108 valence electrons. The van der Waals surface area contributed by atoms with Crippen molar-refractivity contribution in [2.24, 2.45) is 0 Å². The van der Waals surface area contributed by atoms with Gasteiger partial charge in [0.05, 0.1) is 11.6 Å². The van der Waals surface area contributed by atoms with E-state index in [-0.39, 0.29) is 13.2 Å². The number of aliphatic hydroxyl groups is 1. The summed E-state index contributed by atoms with van der Waals surface area (Å²) in [5, 5.41) is 18.6. The fraction of sp³-hybridized carbons (Fsp3) is 0.188. The summed E-state index contributed by atoms with van der Waals surface area (Å²) in [6.07, 6.45) is -0.770. The predicted molar refractivity (Wildman–Crippen MR) is 79.0 cm³/mol. The summed E-state index contributed by atoms with van der Waals surface area (Å²) < 4.78 is 10.8. The average Bonchev–Trinajstić information content (AvgIpc) is 2.52. The Morgan fingerprint density at radius 1 is 1.05 bits per heavy atom. The molecule has 0 aromatic heterocycles. The minimum absolute atomic E-state index is 0.0872. The van der Waals surface area contributed by atoms with Gasteiger partial charge in [0, 0.05) is 5.69 Å². The van der Waals surface area contributed by atoms with Gasteiger partial charge in [-0.25, -0.2) is 0 Å². The molecule has 0 radical (unpaired) electrons. The predicted octanol–water partition coefficient (Wildman–Crippen LogP) is 1.96. The van der Waals surface area contributed by atoms with Gasteiger partial charge in [0.15, 0.2) is 0 Å². The van der Waals surface area contributed by atoms with Crippen LogP contribution in [0.25, 0.3) is 0 Å². The second-order valence-corrected chi connectivity index (χ2v) is 4.48. The van der Waals surface area contributed by atoms with Crippen molar-refractivity contribution in [3.8, 4) is 17.6 Å². The SMILES string of the molecule is N#Cc1cccc(OCC(O)COc2ccc(N)cc2)c1. The van der Waals surface area contributed by atoms with E-state index in [1.165, 1.54) is 0 Å². The van der Waals surface area contributed by atoms with Crippen LogP contribution in [0.1, 0.15) is 5.56 Å². The summed E-state index contributed by atoms with van der Waals surface area (Å²) in [7, 11) is 0. The number of benzene rings is 2. The van der Waals surface area contributed by atoms with Crippen LogP contribution in [0.2, 0.25) is 0 Å². The third kappa shape index (κ3) is 4.71. The van der Waals surface area contributed by atoms with Crippen molar-refractivity contribution >= 4 is 5.69 Å². The van der Waals surface area contributed by atoms with E-state index in [0.717, 1.165) is 0 Å². The zero-order valence-electron chi connectivity index (χ0n) is 11.4. The van der Waals surface area contributed by atoms with Gasteiger partial charge in [-0.05, 0) is 42.5 Å². The Labute approximate surface area is 123 Å². The molecule has 0 aliphatic rings. The number of hydrogen-bond donors (Lipinski definition) is 2. The second-order valence-electron chi connectivity index (χ2n) is 4.48. The lowest BCUT2D eigenvalue weighted by atomic mass is 10.2. The van der Waals surface area contributed by atoms with E-state index in [0.29, 0.717) is 22.7 Å². The van der Waals surface area contributed by atoms with Gasteiger partial charge in [0.25, 0.3) is 0 Å². The molecule has 0 spiro atoms. The molecule has 0 saturated carbocycles. The van der Waals surface area contributed by atoms with Crippen molar-refractivity contribution in [3.05, 3.63) is 54.1 Å². The van der Waals surface area contributed by atoms with Gasteiger partial charge >= 0.3 is 0 Å². The van der Waals surface area contributed by atoms with E-state index in [2.05, 4.69) is 0 Å². The number of ether oxygens (including phenoxy) is 2. The van der Waals surface area contributed by atoms with Crippen LogP contribution in [-0.4, -0.2) is 24.4 Å². The molecule has 1 unspecified atom stereocenters. The fourth-order valence-corrected chi connectivity index (χ4v) is 1.65. The number of nitrogen functional groups attached to an aromatic ring is 1. The number of nitriles is 1. The van der Waals surface area contributed by atoms with Gasteiger partial charge in [-0.2, -0.15) is 5.26 Å². The molecule has 3 N–H and O–H groups in total. The highest BCUT2D eigenvalue weighted by Gasteiger charge is 2.07. The number of nitrogens with zero attached hydrogens (tertiary/aromatic N) is 1. The second kappa shape index (κ2) is 7.17. The molecular weight excluding hydrogens is 268 g/mol. The summed E-state index contributed by atoms with van der Waals surface area (Å²) in [6.45, 7) is 0.200. The smallest absolute Gasteiger partial charge is 0.122 e. The van der Waals surface area contributed by atoms with Crippen molar-refractivity contribution in [2.75, 3.05) is 18.9 Å². The van der Waals surface area contributed by atoms with Crippen LogP contribution in [0.5, 0.6) is 11.5 Å². The maximum Gasteiger partial charge on any atom is 0.122 e. The van der Waals surface area contributed by atoms with E-state index in [1.54, 1.807) is 48.5 Å². The molecule has 2 aromatic carbocycles.